The second kappa shape index (κ2) is 4.38. The molecule has 2 rings (SSSR count). The Morgan fingerprint density at radius 2 is 2.27 bits per heavy atom. The second-order valence-electron chi connectivity index (χ2n) is 2.95. The van der Waals surface area contributed by atoms with Gasteiger partial charge in [-0.1, -0.05) is 6.07 Å². The van der Waals surface area contributed by atoms with E-state index < -0.39 is 6.10 Å². The number of benzene rings is 1. The Balaban J connectivity index is 2.34. The van der Waals surface area contributed by atoms with Crippen LogP contribution in [0.3, 0.4) is 0 Å². The van der Waals surface area contributed by atoms with Gasteiger partial charge in [-0.3, -0.25) is 0 Å². The molecule has 0 aliphatic heterocycles. The predicted molar refractivity (Wildman–Crippen MR) is 60.3 cm³/mol. The molecule has 0 aliphatic carbocycles. The van der Waals surface area contributed by atoms with Crippen molar-refractivity contribution in [3.05, 3.63) is 50.6 Å². The van der Waals surface area contributed by atoms with E-state index in [1.807, 2.05) is 0 Å². The van der Waals surface area contributed by atoms with Gasteiger partial charge in [0.2, 0.25) is 0 Å². The number of thiazole rings is 1. The number of nitrogens with zero attached hydrogens (tertiary/aromatic N) is 1. The van der Waals surface area contributed by atoms with Crippen LogP contribution in [0, 0.1) is 5.82 Å². The maximum atomic E-state index is 13.0. The molecule has 1 unspecified atom stereocenters. The molecule has 0 aliphatic rings. The van der Waals surface area contributed by atoms with Crippen LogP contribution in [0.4, 0.5) is 4.39 Å². The first kappa shape index (κ1) is 10.7. The summed E-state index contributed by atoms with van der Waals surface area (Å²) in [6.07, 6.45) is 0.837. The van der Waals surface area contributed by atoms with Crippen molar-refractivity contribution in [3.8, 4) is 0 Å². The highest BCUT2D eigenvalue weighted by atomic mass is 79.9. The molecule has 1 aromatic carbocycles. The van der Waals surface area contributed by atoms with Gasteiger partial charge in [-0.25, -0.2) is 9.37 Å². The van der Waals surface area contributed by atoms with Gasteiger partial charge in [0.15, 0.2) is 0 Å². The van der Waals surface area contributed by atoms with Crippen LogP contribution in [-0.4, -0.2) is 10.1 Å². The zero-order valence-electron chi connectivity index (χ0n) is 7.52. The fourth-order valence-corrected chi connectivity index (χ4v) is 2.24. The lowest BCUT2D eigenvalue weighted by atomic mass is 10.1. The number of aliphatic hydroxyl groups excluding tert-OH is 1. The van der Waals surface area contributed by atoms with E-state index in [2.05, 4.69) is 20.9 Å². The number of rotatable bonds is 2. The summed E-state index contributed by atoms with van der Waals surface area (Å²) in [5.41, 5.74) is 0.623. The van der Waals surface area contributed by atoms with Gasteiger partial charge in [0, 0.05) is 11.6 Å². The first-order chi connectivity index (χ1) is 7.18. The van der Waals surface area contributed by atoms with Crippen LogP contribution in [0.15, 0.2) is 34.2 Å². The summed E-state index contributed by atoms with van der Waals surface area (Å²) in [5.74, 6) is -0.343. The molecular formula is C10H7BrFNOS. The molecule has 2 aromatic rings. The Morgan fingerprint density at radius 3 is 2.87 bits per heavy atom. The van der Waals surface area contributed by atoms with Crippen molar-refractivity contribution in [3.63, 3.8) is 0 Å². The van der Waals surface area contributed by atoms with Gasteiger partial charge in [-0.05, 0) is 33.6 Å². The Kier molecular flexibility index (Phi) is 3.14. The summed E-state index contributed by atoms with van der Waals surface area (Å²) < 4.78 is 13.3. The van der Waals surface area contributed by atoms with Gasteiger partial charge in [-0.2, -0.15) is 0 Å². The van der Waals surface area contributed by atoms with Crippen LogP contribution in [-0.2, 0) is 0 Å². The number of aromatic nitrogens is 1. The van der Waals surface area contributed by atoms with Crippen molar-refractivity contribution in [2.75, 3.05) is 0 Å². The average molecular weight is 288 g/mol. The zero-order valence-corrected chi connectivity index (χ0v) is 9.93. The van der Waals surface area contributed by atoms with Crippen molar-refractivity contribution in [1.29, 1.82) is 0 Å². The van der Waals surface area contributed by atoms with Crippen LogP contribution in [0.2, 0.25) is 0 Å². The molecule has 0 radical (unpaired) electrons. The molecular weight excluding hydrogens is 281 g/mol. The van der Waals surface area contributed by atoms with Crippen LogP contribution in [0.5, 0.6) is 0 Å². The third-order valence-corrected chi connectivity index (χ3v) is 3.38. The van der Waals surface area contributed by atoms with Crippen molar-refractivity contribution < 1.29 is 9.50 Å². The van der Waals surface area contributed by atoms with E-state index in [-0.39, 0.29) is 5.82 Å². The molecule has 2 nitrogen and oxygen atoms in total. The molecule has 1 heterocycles. The molecule has 0 saturated heterocycles. The summed E-state index contributed by atoms with van der Waals surface area (Å²) in [6.45, 7) is 0. The first-order valence-corrected chi connectivity index (χ1v) is 5.88. The minimum absolute atomic E-state index is 0.343. The van der Waals surface area contributed by atoms with E-state index in [4.69, 9.17) is 0 Å². The topological polar surface area (TPSA) is 33.1 Å². The first-order valence-electron chi connectivity index (χ1n) is 4.21. The number of aliphatic hydroxyl groups is 1. The van der Waals surface area contributed by atoms with E-state index in [9.17, 15) is 9.50 Å². The zero-order chi connectivity index (χ0) is 10.8. The van der Waals surface area contributed by atoms with Crippen LogP contribution < -0.4 is 0 Å². The lowest BCUT2D eigenvalue weighted by Crippen LogP contribution is -1.99. The molecule has 0 saturated carbocycles. The highest BCUT2D eigenvalue weighted by Gasteiger charge is 2.14. The monoisotopic (exact) mass is 287 g/mol. The molecule has 0 amide bonds. The molecule has 1 aromatic heterocycles. The van der Waals surface area contributed by atoms with Crippen LogP contribution >= 0.6 is 27.3 Å². The molecule has 0 fully saturated rings. The van der Waals surface area contributed by atoms with Crippen molar-refractivity contribution >= 4 is 27.3 Å². The van der Waals surface area contributed by atoms with E-state index in [0.29, 0.717) is 15.0 Å². The van der Waals surface area contributed by atoms with E-state index >= 15 is 0 Å². The summed E-state index contributed by atoms with van der Waals surface area (Å²) in [4.78, 5) is 4.00. The number of hydrogen-bond donors (Lipinski definition) is 1. The molecule has 15 heavy (non-hydrogen) atoms. The third-order valence-electron chi connectivity index (χ3n) is 1.94. The van der Waals surface area contributed by atoms with Gasteiger partial charge < -0.3 is 5.11 Å². The molecule has 0 bridgehead atoms. The van der Waals surface area contributed by atoms with Crippen molar-refractivity contribution in [2.24, 2.45) is 0 Å². The van der Waals surface area contributed by atoms with Gasteiger partial charge in [0.25, 0.3) is 0 Å². The maximum absolute atomic E-state index is 13.0. The minimum atomic E-state index is -0.790. The summed E-state index contributed by atoms with van der Waals surface area (Å²) in [5, 5.41) is 12.3. The van der Waals surface area contributed by atoms with Crippen LogP contribution in [0.25, 0.3) is 0 Å². The molecule has 5 heteroatoms. The minimum Gasteiger partial charge on any atom is -0.381 e. The highest BCUT2D eigenvalue weighted by Crippen LogP contribution is 2.26. The Hall–Kier alpha value is -0.780. The van der Waals surface area contributed by atoms with Gasteiger partial charge in [-0.15, -0.1) is 11.3 Å². The average Bonchev–Trinajstić information content (AvgIpc) is 2.74. The van der Waals surface area contributed by atoms with Gasteiger partial charge >= 0.3 is 0 Å². The highest BCUT2D eigenvalue weighted by molar-refractivity contribution is 9.10. The molecule has 0 spiro atoms. The fourth-order valence-electron chi connectivity index (χ4n) is 1.19. The molecule has 1 N–H and O–H groups in total. The van der Waals surface area contributed by atoms with Crippen molar-refractivity contribution in [1.82, 2.24) is 4.98 Å². The standard InChI is InChI=1S/C10H7BrFNOS/c11-7-5-6(1-2-8(7)12)9(14)10-13-3-4-15-10/h1-5,9,14H. The third kappa shape index (κ3) is 2.25. The summed E-state index contributed by atoms with van der Waals surface area (Å²) in [7, 11) is 0. The van der Waals surface area contributed by atoms with Crippen LogP contribution in [0.1, 0.15) is 16.7 Å². The van der Waals surface area contributed by atoms with Gasteiger partial charge in [0.1, 0.15) is 16.9 Å². The van der Waals surface area contributed by atoms with Crippen molar-refractivity contribution in [2.45, 2.75) is 6.10 Å². The van der Waals surface area contributed by atoms with E-state index in [0.717, 1.165) is 0 Å². The van der Waals surface area contributed by atoms with Gasteiger partial charge in [0.05, 0.1) is 4.47 Å². The summed E-state index contributed by atoms with van der Waals surface area (Å²) in [6, 6.07) is 4.42. The lowest BCUT2D eigenvalue weighted by molar-refractivity contribution is 0.219. The SMILES string of the molecule is OC(c1ccc(F)c(Br)c1)c1nccs1. The Labute approximate surface area is 98.5 Å². The summed E-state index contributed by atoms with van der Waals surface area (Å²) >= 11 is 4.44. The fraction of sp³-hybridized carbons (Fsp3) is 0.100. The van der Waals surface area contributed by atoms with E-state index in [1.165, 1.54) is 17.4 Å². The van der Waals surface area contributed by atoms with E-state index in [1.54, 1.807) is 23.7 Å². The number of halogens is 2. The smallest absolute Gasteiger partial charge is 0.137 e. The molecule has 78 valence electrons. The Bertz CT molecular complexity index is 460. The Morgan fingerprint density at radius 1 is 1.47 bits per heavy atom. The normalized spacial score (nSPS) is 12.7. The quantitative estimate of drug-likeness (QED) is 0.921. The number of hydrogen-bond acceptors (Lipinski definition) is 3. The largest absolute Gasteiger partial charge is 0.381 e. The lowest BCUT2D eigenvalue weighted by Gasteiger charge is -2.08. The second-order valence-corrected chi connectivity index (χ2v) is 4.73. The maximum Gasteiger partial charge on any atom is 0.137 e. The molecule has 1 atom stereocenters. The predicted octanol–water partition coefficient (Wildman–Crippen LogP) is 3.13.